The molecular weight excluding hydrogens is 272 g/mol. The zero-order valence-electron chi connectivity index (χ0n) is 12.3. The number of hydrogen-bond donors (Lipinski definition) is 0. The van der Waals surface area contributed by atoms with Gasteiger partial charge in [0.05, 0.1) is 0 Å². The third-order valence-corrected chi connectivity index (χ3v) is 2.87. The summed E-state index contributed by atoms with van der Waals surface area (Å²) in [7, 11) is 0. The van der Waals surface area contributed by atoms with Crippen LogP contribution in [0.3, 0.4) is 0 Å². The van der Waals surface area contributed by atoms with Gasteiger partial charge < -0.3 is 4.74 Å². The molecule has 2 rings (SSSR count). The van der Waals surface area contributed by atoms with Crippen LogP contribution in [0.15, 0.2) is 85.0 Å². The van der Waals surface area contributed by atoms with Gasteiger partial charge in [-0.2, -0.15) is 0 Å². The summed E-state index contributed by atoms with van der Waals surface area (Å²) in [5, 5.41) is 0. The number of hydrogen-bond acceptors (Lipinski definition) is 2. The van der Waals surface area contributed by atoms with Crippen LogP contribution in [0.2, 0.25) is 0 Å². The Labute approximate surface area is 131 Å². The molecular formula is C20H18O2. The Morgan fingerprint density at radius 1 is 0.818 bits per heavy atom. The number of rotatable bonds is 6. The Morgan fingerprint density at radius 3 is 2.05 bits per heavy atom. The molecule has 0 aliphatic heterocycles. The summed E-state index contributed by atoms with van der Waals surface area (Å²) in [6.45, 7) is 0.261. The fourth-order valence-electron chi connectivity index (χ4n) is 1.77. The maximum absolute atomic E-state index is 11.5. The third-order valence-electron chi connectivity index (χ3n) is 2.87. The smallest absolute Gasteiger partial charge is 0.331 e. The number of allylic oxidation sites excluding steroid dienone is 2. The summed E-state index contributed by atoms with van der Waals surface area (Å²) < 4.78 is 5.07. The number of carbonyl (C=O) groups is 1. The minimum Gasteiger partial charge on any atom is -0.458 e. The van der Waals surface area contributed by atoms with E-state index in [0.29, 0.717) is 0 Å². The average Bonchev–Trinajstić information content (AvgIpc) is 2.58. The van der Waals surface area contributed by atoms with Gasteiger partial charge in [0, 0.05) is 6.08 Å². The van der Waals surface area contributed by atoms with E-state index in [-0.39, 0.29) is 12.6 Å². The molecule has 110 valence electrons. The topological polar surface area (TPSA) is 26.3 Å². The predicted molar refractivity (Wildman–Crippen MR) is 91.1 cm³/mol. The summed E-state index contributed by atoms with van der Waals surface area (Å²) in [5.41, 5.74) is 2.11. The van der Waals surface area contributed by atoms with Crippen LogP contribution in [0.5, 0.6) is 0 Å². The van der Waals surface area contributed by atoms with Crippen LogP contribution in [0.1, 0.15) is 11.1 Å². The van der Waals surface area contributed by atoms with Gasteiger partial charge in [0.25, 0.3) is 0 Å². The second-order valence-electron chi connectivity index (χ2n) is 4.57. The van der Waals surface area contributed by atoms with E-state index in [1.807, 2.05) is 78.9 Å². The summed E-state index contributed by atoms with van der Waals surface area (Å²) in [6, 6.07) is 19.7. The fraction of sp³-hybridized carbons (Fsp3) is 0.0500. The van der Waals surface area contributed by atoms with E-state index in [9.17, 15) is 4.79 Å². The fourth-order valence-corrected chi connectivity index (χ4v) is 1.77. The van der Waals surface area contributed by atoms with Crippen LogP contribution in [-0.4, -0.2) is 12.6 Å². The van der Waals surface area contributed by atoms with Crippen molar-refractivity contribution in [2.45, 2.75) is 0 Å². The summed E-state index contributed by atoms with van der Waals surface area (Å²) in [6.07, 6.45) is 10.7. The van der Waals surface area contributed by atoms with E-state index in [4.69, 9.17) is 4.74 Å². The molecule has 0 saturated carbocycles. The first-order valence-corrected chi connectivity index (χ1v) is 7.13. The van der Waals surface area contributed by atoms with Gasteiger partial charge in [0.1, 0.15) is 6.61 Å². The quantitative estimate of drug-likeness (QED) is 0.444. The van der Waals surface area contributed by atoms with Crippen molar-refractivity contribution in [1.29, 1.82) is 0 Å². The minimum absolute atomic E-state index is 0.261. The van der Waals surface area contributed by atoms with E-state index >= 15 is 0 Å². The first-order valence-electron chi connectivity index (χ1n) is 7.13. The molecule has 0 atom stereocenters. The molecule has 2 aromatic rings. The second kappa shape index (κ2) is 9.14. The molecule has 2 nitrogen and oxygen atoms in total. The zero-order chi connectivity index (χ0) is 15.5. The molecule has 0 bridgehead atoms. The van der Waals surface area contributed by atoms with Crippen LogP contribution in [0.25, 0.3) is 12.2 Å². The molecule has 0 saturated heterocycles. The van der Waals surface area contributed by atoms with Crippen molar-refractivity contribution in [2.24, 2.45) is 0 Å². The van der Waals surface area contributed by atoms with E-state index < -0.39 is 0 Å². The van der Waals surface area contributed by atoms with Crippen molar-refractivity contribution in [3.05, 3.63) is 96.1 Å². The van der Waals surface area contributed by atoms with Crippen LogP contribution >= 0.6 is 0 Å². The first kappa shape index (κ1) is 15.5. The van der Waals surface area contributed by atoms with Crippen molar-refractivity contribution >= 4 is 18.1 Å². The largest absolute Gasteiger partial charge is 0.458 e. The van der Waals surface area contributed by atoms with Gasteiger partial charge in [-0.3, -0.25) is 0 Å². The monoisotopic (exact) mass is 290 g/mol. The van der Waals surface area contributed by atoms with E-state index in [1.54, 1.807) is 12.2 Å². The number of ether oxygens (including phenoxy) is 1. The molecule has 2 aromatic carbocycles. The van der Waals surface area contributed by atoms with Crippen molar-refractivity contribution in [2.75, 3.05) is 6.61 Å². The van der Waals surface area contributed by atoms with Crippen molar-refractivity contribution in [3.8, 4) is 0 Å². The Balaban J connectivity index is 1.70. The highest BCUT2D eigenvalue weighted by Crippen LogP contribution is 2.02. The normalized spacial score (nSPS) is 11.5. The Kier molecular flexibility index (Phi) is 6.44. The molecule has 0 aromatic heterocycles. The molecule has 2 heteroatoms. The van der Waals surface area contributed by atoms with Gasteiger partial charge >= 0.3 is 5.97 Å². The lowest BCUT2D eigenvalue weighted by Crippen LogP contribution is -1.99. The predicted octanol–water partition coefficient (Wildman–Crippen LogP) is 4.51. The molecule has 0 amide bonds. The molecule has 0 radical (unpaired) electrons. The lowest BCUT2D eigenvalue weighted by molar-refractivity contribution is -0.136. The summed E-state index contributed by atoms with van der Waals surface area (Å²) in [4.78, 5) is 11.5. The van der Waals surface area contributed by atoms with Crippen LogP contribution in [0, 0.1) is 0 Å². The van der Waals surface area contributed by atoms with Gasteiger partial charge in [-0.15, -0.1) is 0 Å². The molecule has 0 spiro atoms. The SMILES string of the molecule is O=C(/C=C/c1ccccc1)OC/C=C/C=C/c1ccccc1. The average molecular weight is 290 g/mol. The number of carbonyl (C=O) groups excluding carboxylic acids is 1. The van der Waals surface area contributed by atoms with Crippen molar-refractivity contribution in [1.82, 2.24) is 0 Å². The van der Waals surface area contributed by atoms with Crippen LogP contribution < -0.4 is 0 Å². The highest BCUT2D eigenvalue weighted by molar-refractivity contribution is 5.87. The summed E-state index contributed by atoms with van der Waals surface area (Å²) >= 11 is 0. The second-order valence-corrected chi connectivity index (χ2v) is 4.57. The number of esters is 1. The van der Waals surface area contributed by atoms with Gasteiger partial charge in [0.15, 0.2) is 0 Å². The Hall–Kier alpha value is -2.87. The molecule has 0 fully saturated rings. The van der Waals surface area contributed by atoms with Gasteiger partial charge in [-0.25, -0.2) is 4.79 Å². The first-order chi connectivity index (χ1) is 10.8. The van der Waals surface area contributed by atoms with Gasteiger partial charge in [-0.1, -0.05) is 78.9 Å². The van der Waals surface area contributed by atoms with Crippen molar-refractivity contribution < 1.29 is 9.53 Å². The maximum Gasteiger partial charge on any atom is 0.331 e. The standard InChI is InChI=1S/C20H18O2/c21-20(16-15-19-13-6-2-7-14-19)22-17-9-3-8-12-18-10-4-1-5-11-18/h1-16H,17H2/b9-3+,12-8+,16-15+. The third kappa shape index (κ3) is 6.06. The molecule has 0 aliphatic rings. The molecule has 0 aliphatic carbocycles. The Morgan fingerprint density at radius 2 is 1.41 bits per heavy atom. The molecule has 0 heterocycles. The van der Waals surface area contributed by atoms with Crippen molar-refractivity contribution in [3.63, 3.8) is 0 Å². The molecule has 0 unspecified atom stereocenters. The minimum atomic E-state index is -0.347. The van der Waals surface area contributed by atoms with Crippen LogP contribution in [0.4, 0.5) is 0 Å². The van der Waals surface area contributed by atoms with Crippen LogP contribution in [-0.2, 0) is 9.53 Å². The Bertz CT molecular complexity index is 653. The van der Waals surface area contributed by atoms with Gasteiger partial charge in [-0.05, 0) is 23.3 Å². The lowest BCUT2D eigenvalue weighted by Gasteiger charge is -1.96. The highest BCUT2D eigenvalue weighted by atomic mass is 16.5. The zero-order valence-corrected chi connectivity index (χ0v) is 12.3. The van der Waals surface area contributed by atoms with E-state index in [0.717, 1.165) is 11.1 Å². The van der Waals surface area contributed by atoms with Gasteiger partial charge in [0.2, 0.25) is 0 Å². The highest BCUT2D eigenvalue weighted by Gasteiger charge is 1.93. The van der Waals surface area contributed by atoms with E-state index in [2.05, 4.69) is 0 Å². The lowest BCUT2D eigenvalue weighted by atomic mass is 10.2. The molecule has 0 N–H and O–H groups in total. The van der Waals surface area contributed by atoms with E-state index in [1.165, 1.54) is 6.08 Å². The maximum atomic E-state index is 11.5. The molecule has 22 heavy (non-hydrogen) atoms. The number of benzene rings is 2. The summed E-state index contributed by atoms with van der Waals surface area (Å²) in [5.74, 6) is -0.347.